The number of hydrogen-bond donors (Lipinski definition) is 1. The van der Waals surface area contributed by atoms with E-state index in [1.165, 1.54) is 6.07 Å². The van der Waals surface area contributed by atoms with E-state index >= 15 is 0 Å². The van der Waals surface area contributed by atoms with Gasteiger partial charge in [0.15, 0.2) is 0 Å². The third-order valence-electron chi connectivity index (χ3n) is 8.24. The second kappa shape index (κ2) is 9.59. The van der Waals surface area contributed by atoms with Gasteiger partial charge in [-0.25, -0.2) is 9.18 Å². The SMILES string of the molecule is COc1nc(N2CC3(CCN(C(C)(C)C)CC3)N(Cc3cccc(F)c3C)C2=O)ccc1C1C=NNC1. The number of pyridine rings is 1. The van der Waals surface area contributed by atoms with Crippen LogP contribution in [0.25, 0.3) is 0 Å². The smallest absolute Gasteiger partial charge is 0.326 e. The number of nitrogens with one attached hydrogen (secondary N) is 1. The number of rotatable bonds is 5. The zero-order valence-corrected chi connectivity index (χ0v) is 22.4. The van der Waals surface area contributed by atoms with Gasteiger partial charge in [0.1, 0.15) is 11.6 Å². The normalized spacial score (nSPS) is 21.7. The number of ether oxygens (including phenoxy) is 1. The molecule has 3 aliphatic heterocycles. The zero-order chi connectivity index (χ0) is 26.4. The van der Waals surface area contributed by atoms with E-state index in [0.29, 0.717) is 36.9 Å². The van der Waals surface area contributed by atoms with Crippen LogP contribution in [0.3, 0.4) is 0 Å². The summed E-state index contributed by atoms with van der Waals surface area (Å²) in [5.74, 6) is 0.905. The van der Waals surface area contributed by atoms with Gasteiger partial charge in [0, 0.05) is 49.4 Å². The molecule has 2 fully saturated rings. The highest BCUT2D eigenvalue weighted by Crippen LogP contribution is 2.41. The van der Waals surface area contributed by atoms with Gasteiger partial charge in [-0.3, -0.25) is 9.80 Å². The van der Waals surface area contributed by atoms with Gasteiger partial charge in [-0.1, -0.05) is 12.1 Å². The van der Waals surface area contributed by atoms with E-state index in [4.69, 9.17) is 9.72 Å². The number of urea groups is 1. The van der Waals surface area contributed by atoms with Crippen molar-refractivity contribution in [2.75, 3.05) is 38.2 Å². The molecule has 0 aliphatic carbocycles. The molecule has 1 aromatic carbocycles. The first-order valence-electron chi connectivity index (χ1n) is 13.0. The van der Waals surface area contributed by atoms with Gasteiger partial charge in [0.05, 0.1) is 19.2 Å². The minimum Gasteiger partial charge on any atom is -0.481 e. The van der Waals surface area contributed by atoms with Crippen LogP contribution in [0.15, 0.2) is 35.4 Å². The predicted octanol–water partition coefficient (Wildman–Crippen LogP) is 4.29. The number of nitrogens with zero attached hydrogens (tertiary/aromatic N) is 5. The van der Waals surface area contributed by atoms with Crippen molar-refractivity contribution in [3.8, 4) is 5.88 Å². The molecule has 5 rings (SSSR count). The number of likely N-dealkylation sites (tertiary alicyclic amines) is 1. The Labute approximate surface area is 218 Å². The molecule has 2 amide bonds. The van der Waals surface area contributed by atoms with Crippen LogP contribution in [0.1, 0.15) is 56.2 Å². The summed E-state index contributed by atoms with van der Waals surface area (Å²) in [4.78, 5) is 25.0. The summed E-state index contributed by atoms with van der Waals surface area (Å²) in [7, 11) is 1.60. The van der Waals surface area contributed by atoms with Crippen LogP contribution in [0.2, 0.25) is 0 Å². The molecule has 0 bridgehead atoms. The van der Waals surface area contributed by atoms with Gasteiger partial charge in [-0.05, 0) is 69.9 Å². The highest BCUT2D eigenvalue weighted by atomic mass is 19.1. The molecular formula is C28H37FN6O2. The van der Waals surface area contributed by atoms with Crippen molar-refractivity contribution in [1.29, 1.82) is 0 Å². The lowest BCUT2D eigenvalue weighted by atomic mass is 9.84. The summed E-state index contributed by atoms with van der Waals surface area (Å²) in [6.07, 6.45) is 3.54. The Morgan fingerprint density at radius 3 is 2.59 bits per heavy atom. The Bertz CT molecular complexity index is 1200. The molecule has 37 heavy (non-hydrogen) atoms. The van der Waals surface area contributed by atoms with Crippen molar-refractivity contribution < 1.29 is 13.9 Å². The van der Waals surface area contributed by atoms with Crippen molar-refractivity contribution in [3.05, 3.63) is 52.8 Å². The molecule has 1 atom stereocenters. The fraction of sp³-hybridized carbons (Fsp3) is 0.536. The second-order valence-corrected chi connectivity index (χ2v) is 11.4. The van der Waals surface area contributed by atoms with Gasteiger partial charge in [-0.15, -0.1) is 0 Å². The lowest BCUT2D eigenvalue weighted by molar-refractivity contribution is 0.0304. The number of hydrogen-bond acceptors (Lipinski definition) is 6. The third kappa shape index (κ3) is 4.65. The van der Waals surface area contributed by atoms with Crippen LogP contribution >= 0.6 is 0 Å². The average molecular weight is 509 g/mol. The second-order valence-electron chi connectivity index (χ2n) is 11.4. The average Bonchev–Trinajstić information content (AvgIpc) is 3.50. The molecule has 3 aliphatic rings. The highest BCUT2D eigenvalue weighted by molar-refractivity contribution is 5.94. The minimum atomic E-state index is -0.354. The van der Waals surface area contributed by atoms with E-state index in [1.807, 2.05) is 29.3 Å². The first-order valence-corrected chi connectivity index (χ1v) is 13.0. The number of carbonyl (C=O) groups is 1. The molecule has 9 heteroatoms. The molecular weight excluding hydrogens is 471 g/mol. The molecule has 2 saturated heterocycles. The van der Waals surface area contributed by atoms with Crippen LogP contribution in [0.5, 0.6) is 5.88 Å². The Kier molecular flexibility index (Phi) is 6.60. The summed E-state index contributed by atoms with van der Waals surface area (Å²) in [6, 6.07) is 8.89. The van der Waals surface area contributed by atoms with E-state index in [0.717, 1.165) is 37.1 Å². The molecule has 1 spiro atoms. The van der Waals surface area contributed by atoms with E-state index in [2.05, 4.69) is 36.2 Å². The zero-order valence-electron chi connectivity index (χ0n) is 22.4. The molecule has 0 saturated carbocycles. The van der Waals surface area contributed by atoms with Gasteiger partial charge in [-0.2, -0.15) is 10.1 Å². The topological polar surface area (TPSA) is 73.3 Å². The minimum absolute atomic E-state index is 0.0665. The Balaban J connectivity index is 1.48. The largest absolute Gasteiger partial charge is 0.481 e. The molecule has 1 aromatic heterocycles. The van der Waals surface area contributed by atoms with E-state index in [1.54, 1.807) is 25.0 Å². The molecule has 1 N–H and O–H groups in total. The lowest BCUT2D eigenvalue weighted by Crippen LogP contribution is -2.57. The monoisotopic (exact) mass is 508 g/mol. The Morgan fingerprint density at radius 2 is 1.95 bits per heavy atom. The number of aromatic nitrogens is 1. The Hall–Kier alpha value is -3.20. The van der Waals surface area contributed by atoms with Crippen LogP contribution in [0.4, 0.5) is 15.0 Å². The maximum atomic E-state index is 14.4. The molecule has 198 valence electrons. The van der Waals surface area contributed by atoms with Crippen LogP contribution < -0.4 is 15.1 Å². The standard InChI is InChI=1S/C28H37FN6O2/c1-19-20(7-6-8-23(19)29)17-35-26(36)34(18-28(35)11-13-33(14-12-28)27(2,3)4)24-10-9-22(25(32-24)37-5)21-15-30-31-16-21/h6-10,15,21,31H,11-14,16-18H2,1-5H3. The van der Waals surface area contributed by atoms with Crippen molar-refractivity contribution in [3.63, 3.8) is 0 Å². The summed E-state index contributed by atoms with van der Waals surface area (Å²) in [5, 5.41) is 4.11. The van der Waals surface area contributed by atoms with Gasteiger partial charge < -0.3 is 15.1 Å². The summed E-state index contributed by atoms with van der Waals surface area (Å²) < 4.78 is 20.0. The fourth-order valence-corrected chi connectivity index (χ4v) is 5.80. The molecule has 8 nitrogen and oxygen atoms in total. The number of methoxy groups -OCH3 is 1. The predicted molar refractivity (Wildman–Crippen MR) is 143 cm³/mol. The van der Waals surface area contributed by atoms with E-state index in [9.17, 15) is 9.18 Å². The van der Waals surface area contributed by atoms with Gasteiger partial charge in [0.25, 0.3) is 0 Å². The van der Waals surface area contributed by atoms with Crippen molar-refractivity contribution >= 4 is 18.1 Å². The lowest BCUT2D eigenvalue weighted by Gasteiger charge is -2.47. The van der Waals surface area contributed by atoms with Crippen LogP contribution in [0, 0.1) is 12.7 Å². The van der Waals surface area contributed by atoms with Gasteiger partial charge in [0.2, 0.25) is 5.88 Å². The first-order chi connectivity index (χ1) is 17.6. The molecule has 2 aromatic rings. The number of piperidine rings is 1. The van der Waals surface area contributed by atoms with Crippen molar-refractivity contribution in [1.82, 2.24) is 20.2 Å². The van der Waals surface area contributed by atoms with Crippen LogP contribution in [-0.2, 0) is 6.54 Å². The number of benzene rings is 1. The van der Waals surface area contributed by atoms with E-state index in [-0.39, 0.29) is 28.8 Å². The van der Waals surface area contributed by atoms with E-state index < -0.39 is 0 Å². The number of carbonyl (C=O) groups excluding carboxylic acids is 1. The molecule has 0 radical (unpaired) electrons. The fourth-order valence-electron chi connectivity index (χ4n) is 5.80. The van der Waals surface area contributed by atoms with Crippen molar-refractivity contribution in [2.24, 2.45) is 5.10 Å². The summed E-state index contributed by atoms with van der Waals surface area (Å²) in [6.45, 7) is 11.9. The number of anilines is 1. The quantitative estimate of drug-likeness (QED) is 0.653. The number of halogens is 1. The highest BCUT2D eigenvalue weighted by Gasteiger charge is 2.52. The first kappa shape index (κ1) is 25.4. The van der Waals surface area contributed by atoms with Gasteiger partial charge >= 0.3 is 6.03 Å². The maximum Gasteiger partial charge on any atom is 0.326 e. The number of hydrazone groups is 1. The van der Waals surface area contributed by atoms with Crippen LogP contribution in [-0.4, -0.2) is 71.4 Å². The number of amides is 2. The van der Waals surface area contributed by atoms with Crippen molar-refractivity contribution in [2.45, 2.75) is 64.1 Å². The molecule has 4 heterocycles. The molecule has 1 unspecified atom stereocenters. The Morgan fingerprint density at radius 1 is 1.19 bits per heavy atom. The maximum absolute atomic E-state index is 14.4. The summed E-state index contributed by atoms with van der Waals surface area (Å²) in [5.41, 5.74) is 5.05. The third-order valence-corrected chi connectivity index (χ3v) is 8.24. The summed E-state index contributed by atoms with van der Waals surface area (Å²) >= 11 is 0.